The van der Waals surface area contributed by atoms with Crippen LogP contribution in [0.4, 0.5) is 0 Å². The normalized spacial score (nSPS) is 9.55. The van der Waals surface area contributed by atoms with Crippen LogP contribution in [0.2, 0.25) is 0 Å². The number of carbonyl (C=O) groups is 2. The van der Waals surface area contributed by atoms with Crippen molar-refractivity contribution in [1.29, 1.82) is 0 Å². The molecule has 0 saturated carbocycles. The molecule has 0 aromatic carbocycles. The average Bonchev–Trinajstić information content (AvgIpc) is 2.83. The molecular formula is C14H18N2O3S. The summed E-state index contributed by atoms with van der Waals surface area (Å²) < 4.78 is 0. The maximum atomic E-state index is 11.7. The van der Waals surface area contributed by atoms with E-state index in [2.05, 4.69) is 17.2 Å². The number of thiophene rings is 1. The van der Waals surface area contributed by atoms with Crippen LogP contribution in [-0.4, -0.2) is 42.0 Å². The molecule has 2 N–H and O–H groups in total. The molecule has 0 saturated heterocycles. The fraction of sp³-hybridized carbons (Fsp3) is 0.429. The Balaban J connectivity index is 2.50. The molecule has 20 heavy (non-hydrogen) atoms. The number of amides is 2. The standard InChI is InChI=1S/C14H18N2O3S/c1-11(18)15-8-14(19)16(2)9-13-7-12(10-20-13)5-3-4-6-17/h7,10,17H,4,6,8-9H2,1-2H3,(H,15,18). The highest BCUT2D eigenvalue weighted by molar-refractivity contribution is 7.10. The quantitative estimate of drug-likeness (QED) is 0.780. The predicted octanol–water partition coefficient (Wildman–Crippen LogP) is 0.576. The van der Waals surface area contributed by atoms with Crippen molar-refractivity contribution in [2.45, 2.75) is 19.9 Å². The first-order chi connectivity index (χ1) is 9.52. The van der Waals surface area contributed by atoms with Crippen molar-refractivity contribution in [1.82, 2.24) is 10.2 Å². The van der Waals surface area contributed by atoms with E-state index in [-0.39, 0.29) is 25.0 Å². The van der Waals surface area contributed by atoms with E-state index in [0.29, 0.717) is 13.0 Å². The molecular weight excluding hydrogens is 276 g/mol. The third-order valence-corrected chi connectivity index (χ3v) is 3.35. The van der Waals surface area contributed by atoms with Crippen LogP contribution in [0.15, 0.2) is 11.4 Å². The van der Waals surface area contributed by atoms with E-state index in [0.717, 1.165) is 10.4 Å². The Morgan fingerprint density at radius 2 is 2.25 bits per heavy atom. The molecule has 0 radical (unpaired) electrons. The number of hydrogen-bond donors (Lipinski definition) is 2. The summed E-state index contributed by atoms with van der Waals surface area (Å²) >= 11 is 1.53. The summed E-state index contributed by atoms with van der Waals surface area (Å²) in [4.78, 5) is 25.1. The minimum atomic E-state index is -0.218. The Hall–Kier alpha value is -1.84. The molecule has 1 rings (SSSR count). The number of aliphatic hydroxyl groups excluding tert-OH is 1. The summed E-state index contributed by atoms with van der Waals surface area (Å²) in [5, 5.41) is 13.0. The molecule has 1 heterocycles. The molecule has 1 aromatic rings. The molecule has 2 amide bonds. The minimum Gasteiger partial charge on any atom is -0.395 e. The topological polar surface area (TPSA) is 69.6 Å². The summed E-state index contributed by atoms with van der Waals surface area (Å²) in [6.07, 6.45) is 0.459. The van der Waals surface area contributed by atoms with Gasteiger partial charge in [0.2, 0.25) is 11.8 Å². The molecule has 5 nitrogen and oxygen atoms in total. The predicted molar refractivity (Wildman–Crippen MR) is 78.1 cm³/mol. The molecule has 0 aliphatic rings. The van der Waals surface area contributed by atoms with Gasteiger partial charge in [-0.05, 0) is 6.07 Å². The number of nitrogens with one attached hydrogen (secondary N) is 1. The monoisotopic (exact) mass is 294 g/mol. The lowest BCUT2D eigenvalue weighted by atomic mass is 10.3. The second-order valence-corrected chi connectivity index (χ2v) is 5.23. The van der Waals surface area contributed by atoms with E-state index in [9.17, 15) is 9.59 Å². The van der Waals surface area contributed by atoms with Gasteiger partial charge < -0.3 is 15.3 Å². The molecule has 1 aromatic heterocycles. The Labute approximate surface area is 122 Å². The van der Waals surface area contributed by atoms with Crippen LogP contribution in [0.5, 0.6) is 0 Å². The number of carbonyl (C=O) groups excluding carboxylic acids is 2. The fourth-order valence-corrected chi connectivity index (χ4v) is 2.28. The minimum absolute atomic E-state index is 0.0143. The molecule has 0 unspecified atom stereocenters. The van der Waals surface area contributed by atoms with Gasteiger partial charge in [0.1, 0.15) is 0 Å². The summed E-state index contributed by atoms with van der Waals surface area (Å²) in [5.41, 5.74) is 0.890. The first-order valence-corrected chi connectivity index (χ1v) is 7.06. The van der Waals surface area contributed by atoms with Gasteiger partial charge in [0, 0.05) is 36.2 Å². The van der Waals surface area contributed by atoms with Crippen molar-refractivity contribution in [3.8, 4) is 11.8 Å². The second-order valence-electron chi connectivity index (χ2n) is 4.24. The molecule has 6 heteroatoms. The van der Waals surface area contributed by atoms with Gasteiger partial charge in [-0.15, -0.1) is 11.3 Å². The Bertz CT molecular complexity index is 528. The summed E-state index contributed by atoms with van der Waals surface area (Å²) in [6, 6.07) is 1.93. The van der Waals surface area contributed by atoms with Crippen LogP contribution in [0.1, 0.15) is 23.8 Å². The second kappa shape index (κ2) is 8.35. The van der Waals surface area contributed by atoms with Crippen LogP contribution in [0, 0.1) is 11.8 Å². The van der Waals surface area contributed by atoms with Gasteiger partial charge in [-0.25, -0.2) is 0 Å². The van der Waals surface area contributed by atoms with Crippen molar-refractivity contribution in [3.63, 3.8) is 0 Å². The SMILES string of the molecule is CC(=O)NCC(=O)N(C)Cc1cc(C#CCCO)cs1. The van der Waals surface area contributed by atoms with Crippen LogP contribution >= 0.6 is 11.3 Å². The fourth-order valence-electron chi connectivity index (χ4n) is 1.41. The summed E-state index contributed by atoms with van der Waals surface area (Å²) in [5.74, 6) is 5.44. The van der Waals surface area contributed by atoms with E-state index in [1.165, 1.54) is 18.3 Å². The highest BCUT2D eigenvalue weighted by Crippen LogP contribution is 2.15. The van der Waals surface area contributed by atoms with Crippen LogP contribution in [0.3, 0.4) is 0 Å². The Morgan fingerprint density at radius 3 is 2.90 bits per heavy atom. The zero-order valence-corrected chi connectivity index (χ0v) is 12.4. The van der Waals surface area contributed by atoms with Gasteiger partial charge in [0.15, 0.2) is 0 Å². The van der Waals surface area contributed by atoms with Gasteiger partial charge in [0.25, 0.3) is 0 Å². The van der Waals surface area contributed by atoms with Gasteiger partial charge in [-0.1, -0.05) is 11.8 Å². The molecule has 0 fully saturated rings. The lowest BCUT2D eigenvalue weighted by Gasteiger charge is -2.16. The smallest absolute Gasteiger partial charge is 0.242 e. The Kier molecular flexibility index (Phi) is 6.77. The lowest BCUT2D eigenvalue weighted by Crippen LogP contribution is -2.36. The zero-order chi connectivity index (χ0) is 15.0. The number of hydrogen-bond acceptors (Lipinski definition) is 4. The van der Waals surface area contributed by atoms with E-state index < -0.39 is 0 Å². The van der Waals surface area contributed by atoms with Gasteiger partial charge in [-0.3, -0.25) is 9.59 Å². The highest BCUT2D eigenvalue weighted by Gasteiger charge is 2.10. The van der Waals surface area contributed by atoms with E-state index >= 15 is 0 Å². The third-order valence-electron chi connectivity index (χ3n) is 2.43. The van der Waals surface area contributed by atoms with Crippen molar-refractivity contribution in [2.24, 2.45) is 0 Å². The van der Waals surface area contributed by atoms with Crippen molar-refractivity contribution < 1.29 is 14.7 Å². The average molecular weight is 294 g/mol. The van der Waals surface area contributed by atoms with Crippen LogP contribution in [-0.2, 0) is 16.1 Å². The molecule has 0 bridgehead atoms. The number of likely N-dealkylation sites (N-methyl/N-ethyl adjacent to an activating group) is 1. The maximum absolute atomic E-state index is 11.7. The molecule has 0 aliphatic carbocycles. The van der Waals surface area contributed by atoms with Crippen molar-refractivity contribution >= 4 is 23.2 Å². The molecule has 0 aliphatic heterocycles. The van der Waals surface area contributed by atoms with E-state index in [4.69, 9.17) is 5.11 Å². The summed E-state index contributed by atoms with van der Waals surface area (Å²) in [7, 11) is 1.70. The first kappa shape index (κ1) is 16.2. The highest BCUT2D eigenvalue weighted by atomic mass is 32.1. The number of aliphatic hydroxyl groups is 1. The first-order valence-electron chi connectivity index (χ1n) is 6.18. The summed E-state index contributed by atoms with van der Waals surface area (Å²) in [6.45, 7) is 1.94. The Morgan fingerprint density at radius 1 is 1.50 bits per heavy atom. The number of nitrogens with zero attached hydrogens (tertiary/aromatic N) is 1. The number of rotatable bonds is 5. The largest absolute Gasteiger partial charge is 0.395 e. The molecule has 108 valence electrons. The molecule has 0 atom stereocenters. The zero-order valence-electron chi connectivity index (χ0n) is 11.6. The van der Waals surface area contributed by atoms with Gasteiger partial charge in [-0.2, -0.15) is 0 Å². The molecule has 0 spiro atoms. The van der Waals surface area contributed by atoms with Crippen LogP contribution in [0.25, 0.3) is 0 Å². The van der Waals surface area contributed by atoms with E-state index in [1.807, 2.05) is 11.4 Å². The van der Waals surface area contributed by atoms with Gasteiger partial charge >= 0.3 is 0 Å². The van der Waals surface area contributed by atoms with E-state index in [1.54, 1.807) is 11.9 Å². The third kappa shape index (κ3) is 5.87. The maximum Gasteiger partial charge on any atom is 0.242 e. The van der Waals surface area contributed by atoms with Gasteiger partial charge in [0.05, 0.1) is 19.7 Å². The van der Waals surface area contributed by atoms with Crippen molar-refractivity contribution in [2.75, 3.05) is 20.2 Å². The van der Waals surface area contributed by atoms with Crippen molar-refractivity contribution in [3.05, 3.63) is 21.9 Å². The van der Waals surface area contributed by atoms with Crippen LogP contribution < -0.4 is 5.32 Å². The lowest BCUT2D eigenvalue weighted by molar-refractivity contribution is -0.131.